The van der Waals surface area contributed by atoms with Gasteiger partial charge in [0.15, 0.2) is 12.0 Å². The van der Waals surface area contributed by atoms with E-state index in [1.54, 1.807) is 0 Å². The van der Waals surface area contributed by atoms with Crippen molar-refractivity contribution in [2.45, 2.75) is 19.9 Å². The van der Waals surface area contributed by atoms with Crippen LogP contribution in [0.2, 0.25) is 0 Å². The third kappa shape index (κ3) is 3.36. The smallest absolute Gasteiger partial charge is 0.458 e. The molecular weight excluding hydrogens is 310 g/mol. The molecule has 0 aliphatic carbocycles. The van der Waals surface area contributed by atoms with Gasteiger partial charge in [0.2, 0.25) is 11.7 Å². The van der Waals surface area contributed by atoms with Crippen LogP contribution >= 0.6 is 0 Å². The number of Topliss-reactive ketones (excluding diaryl/α,β-unsaturated/α-hetero) is 1. The van der Waals surface area contributed by atoms with Gasteiger partial charge >= 0.3 is 11.9 Å². The van der Waals surface area contributed by atoms with E-state index >= 15 is 0 Å². The molecule has 0 spiro atoms. The lowest BCUT2D eigenvalue weighted by atomic mass is 10.3. The average molecular weight is 323 g/mol. The maximum absolute atomic E-state index is 11.8. The van der Waals surface area contributed by atoms with Crippen LogP contribution in [0.1, 0.15) is 13.3 Å². The van der Waals surface area contributed by atoms with Crippen LogP contribution in [0.3, 0.4) is 0 Å². The van der Waals surface area contributed by atoms with Crippen molar-refractivity contribution in [3.8, 4) is 0 Å². The van der Waals surface area contributed by atoms with Crippen LogP contribution in [0.15, 0.2) is 21.8 Å². The maximum Gasteiger partial charge on any atom is 0.458 e. The van der Waals surface area contributed by atoms with Gasteiger partial charge in [-0.2, -0.15) is 0 Å². The fourth-order valence-electron chi connectivity index (χ4n) is 1.94. The van der Waals surface area contributed by atoms with E-state index in [-0.39, 0.29) is 30.6 Å². The van der Waals surface area contributed by atoms with Gasteiger partial charge in [-0.1, -0.05) is 12.0 Å². The van der Waals surface area contributed by atoms with Gasteiger partial charge in [0.1, 0.15) is 6.54 Å². The molecule has 0 fully saturated rings. The highest BCUT2D eigenvalue weighted by atomic mass is 16.6. The summed E-state index contributed by atoms with van der Waals surface area (Å²) < 4.78 is 0.745. The summed E-state index contributed by atoms with van der Waals surface area (Å²) in [6, 6.07) is 0. The van der Waals surface area contributed by atoms with Crippen molar-refractivity contribution < 1.29 is 19.6 Å². The molecule has 2 rings (SSSR count). The predicted octanol–water partition coefficient (Wildman–Crippen LogP) is 0.491. The molecule has 2 heterocycles. The zero-order chi connectivity index (χ0) is 17.0. The SMILES string of the molecule is CCCN1CC(=O)C(N=Nc2nc([N+](=O)[O-])n(CC=O)n2)=C1O. The van der Waals surface area contributed by atoms with E-state index < -0.39 is 16.7 Å². The van der Waals surface area contributed by atoms with E-state index in [1.807, 2.05) is 6.92 Å². The molecule has 12 heteroatoms. The Morgan fingerprint density at radius 3 is 2.83 bits per heavy atom. The lowest BCUT2D eigenvalue weighted by molar-refractivity contribution is -0.397. The normalized spacial score (nSPS) is 15.0. The van der Waals surface area contributed by atoms with Crippen LogP contribution in [-0.4, -0.2) is 54.9 Å². The summed E-state index contributed by atoms with van der Waals surface area (Å²) in [5, 5.41) is 31.4. The molecule has 0 bridgehead atoms. The van der Waals surface area contributed by atoms with Gasteiger partial charge in [-0.25, -0.2) is 0 Å². The topological polar surface area (TPSA) is 156 Å². The molecule has 1 aromatic rings. The number of aliphatic hydroxyl groups excluding tert-OH is 1. The van der Waals surface area contributed by atoms with Crippen molar-refractivity contribution in [3.63, 3.8) is 0 Å². The van der Waals surface area contributed by atoms with E-state index in [0.29, 0.717) is 12.8 Å². The first-order valence-electron chi connectivity index (χ1n) is 6.64. The average Bonchev–Trinajstić information content (AvgIpc) is 3.01. The summed E-state index contributed by atoms with van der Waals surface area (Å²) >= 11 is 0. The van der Waals surface area contributed by atoms with Crippen molar-refractivity contribution in [3.05, 3.63) is 21.7 Å². The van der Waals surface area contributed by atoms with E-state index in [0.717, 1.165) is 11.1 Å². The number of rotatable bonds is 7. The molecule has 0 unspecified atom stereocenters. The highest BCUT2D eigenvalue weighted by molar-refractivity contribution is 5.99. The molecule has 0 amide bonds. The van der Waals surface area contributed by atoms with Crippen molar-refractivity contribution in [1.29, 1.82) is 0 Å². The number of hydrogen-bond donors (Lipinski definition) is 1. The van der Waals surface area contributed by atoms with Crippen LogP contribution in [0.4, 0.5) is 11.9 Å². The number of carbonyl (C=O) groups is 2. The number of azo groups is 1. The number of aliphatic hydroxyl groups is 1. The standard InChI is InChI=1S/C11H13N7O5/c1-2-3-16-6-7(20)8(9(16)21)13-14-10-12-11(18(22)23)17(15-10)4-5-19/h5,21H,2-4,6H2,1H3. The zero-order valence-electron chi connectivity index (χ0n) is 12.1. The number of aromatic nitrogens is 3. The summed E-state index contributed by atoms with van der Waals surface area (Å²) in [4.78, 5) is 37.1. The van der Waals surface area contributed by atoms with Gasteiger partial charge in [0, 0.05) is 6.54 Å². The van der Waals surface area contributed by atoms with Gasteiger partial charge in [-0.15, -0.1) is 9.80 Å². The Bertz CT molecular complexity index is 708. The Morgan fingerprint density at radius 2 is 2.22 bits per heavy atom. The van der Waals surface area contributed by atoms with Crippen molar-refractivity contribution in [1.82, 2.24) is 19.7 Å². The highest BCUT2D eigenvalue weighted by Gasteiger charge is 2.30. The predicted molar refractivity (Wildman–Crippen MR) is 73.8 cm³/mol. The van der Waals surface area contributed by atoms with E-state index in [9.17, 15) is 24.8 Å². The van der Waals surface area contributed by atoms with Gasteiger partial charge in [-0.05, 0) is 21.4 Å². The van der Waals surface area contributed by atoms with Crippen LogP contribution in [0.5, 0.6) is 0 Å². The van der Waals surface area contributed by atoms with Gasteiger partial charge in [0.25, 0.3) is 0 Å². The van der Waals surface area contributed by atoms with Gasteiger partial charge in [0.05, 0.1) is 6.54 Å². The van der Waals surface area contributed by atoms with Crippen LogP contribution in [0.25, 0.3) is 0 Å². The Balaban J connectivity index is 2.26. The lowest BCUT2D eigenvalue weighted by Gasteiger charge is -2.14. The number of nitro groups is 1. The minimum absolute atomic E-state index is 0.0127. The zero-order valence-corrected chi connectivity index (χ0v) is 12.1. The third-order valence-electron chi connectivity index (χ3n) is 2.89. The monoisotopic (exact) mass is 323 g/mol. The lowest BCUT2D eigenvalue weighted by Crippen LogP contribution is -2.22. The Kier molecular flexibility index (Phi) is 4.73. The molecule has 122 valence electrons. The molecule has 1 aliphatic heterocycles. The van der Waals surface area contributed by atoms with Gasteiger partial charge in [-0.3, -0.25) is 9.59 Å². The Hall–Kier alpha value is -3.18. The second-order valence-electron chi connectivity index (χ2n) is 4.53. The summed E-state index contributed by atoms with van der Waals surface area (Å²) in [6.07, 6.45) is 1.14. The number of nitrogens with zero attached hydrogens (tertiary/aromatic N) is 7. The van der Waals surface area contributed by atoms with Crippen LogP contribution in [0, 0.1) is 10.1 Å². The molecule has 0 radical (unpaired) electrons. The second-order valence-corrected chi connectivity index (χ2v) is 4.53. The fraction of sp³-hybridized carbons (Fsp3) is 0.455. The molecular formula is C11H13N7O5. The highest BCUT2D eigenvalue weighted by Crippen LogP contribution is 2.21. The number of carbonyl (C=O) groups excluding carboxylic acids is 2. The third-order valence-corrected chi connectivity index (χ3v) is 2.89. The minimum Gasteiger partial charge on any atom is -0.493 e. The largest absolute Gasteiger partial charge is 0.493 e. The first-order chi connectivity index (χ1) is 11.0. The maximum atomic E-state index is 11.8. The van der Waals surface area contributed by atoms with E-state index in [2.05, 4.69) is 20.3 Å². The molecule has 0 aromatic carbocycles. The van der Waals surface area contributed by atoms with Crippen LogP contribution < -0.4 is 0 Å². The van der Waals surface area contributed by atoms with Crippen molar-refractivity contribution in [2.24, 2.45) is 10.2 Å². The molecule has 0 saturated carbocycles. The molecule has 12 nitrogen and oxygen atoms in total. The summed E-state index contributed by atoms with van der Waals surface area (Å²) in [7, 11) is 0. The van der Waals surface area contributed by atoms with Crippen LogP contribution in [-0.2, 0) is 16.1 Å². The first-order valence-corrected chi connectivity index (χ1v) is 6.64. The summed E-state index contributed by atoms with van der Waals surface area (Å²) in [5.41, 5.74) is -0.257. The summed E-state index contributed by atoms with van der Waals surface area (Å²) in [6.45, 7) is 1.99. The Labute approximate surface area is 129 Å². The van der Waals surface area contributed by atoms with E-state index in [4.69, 9.17) is 0 Å². The van der Waals surface area contributed by atoms with E-state index in [1.165, 1.54) is 4.90 Å². The molecule has 1 aromatic heterocycles. The quantitative estimate of drug-likeness (QED) is 0.329. The van der Waals surface area contributed by atoms with Gasteiger partial charge < -0.3 is 20.1 Å². The molecule has 1 N–H and O–H groups in total. The Morgan fingerprint density at radius 1 is 1.48 bits per heavy atom. The number of aldehydes is 1. The first kappa shape index (κ1) is 16.2. The van der Waals surface area contributed by atoms with Crippen molar-refractivity contribution >= 4 is 24.0 Å². The molecule has 1 aliphatic rings. The van der Waals surface area contributed by atoms with Crippen molar-refractivity contribution in [2.75, 3.05) is 13.1 Å². The second kappa shape index (κ2) is 6.72. The molecule has 23 heavy (non-hydrogen) atoms. The molecule has 0 saturated heterocycles. The minimum atomic E-state index is -0.823. The summed E-state index contributed by atoms with van der Waals surface area (Å²) in [5.74, 6) is -1.79. The number of hydrogen-bond acceptors (Lipinski definition) is 10. The number of ketones is 1. The fourth-order valence-corrected chi connectivity index (χ4v) is 1.94. The molecule has 0 atom stereocenters.